The first-order valence-corrected chi connectivity index (χ1v) is 11.7. The lowest BCUT2D eigenvalue weighted by atomic mass is 10.0. The standard InChI is InChI=1S/C25H27N3O3S/c1-18-6-2-8-20(14-18)28(23(29)15-22-10-5-13-32-22)24(19-7-3-11-26-16-19)25(30)27-17-21-9-4-12-31-21/h2-3,5-8,10-11,13-14,16,21,24H,4,9,12,15,17H2,1H3,(H,27,30). The summed E-state index contributed by atoms with van der Waals surface area (Å²) in [5.74, 6) is -0.381. The van der Waals surface area contributed by atoms with Crippen molar-refractivity contribution in [3.05, 3.63) is 82.3 Å². The molecule has 166 valence electrons. The first kappa shape index (κ1) is 22.2. The Labute approximate surface area is 192 Å². The van der Waals surface area contributed by atoms with Crippen LogP contribution < -0.4 is 10.2 Å². The van der Waals surface area contributed by atoms with E-state index in [0.29, 0.717) is 17.8 Å². The summed E-state index contributed by atoms with van der Waals surface area (Å²) >= 11 is 1.53. The molecule has 2 unspecified atom stereocenters. The van der Waals surface area contributed by atoms with Gasteiger partial charge in [-0.3, -0.25) is 19.5 Å². The van der Waals surface area contributed by atoms with Crippen molar-refractivity contribution in [2.75, 3.05) is 18.1 Å². The minimum atomic E-state index is -0.834. The Balaban J connectivity index is 1.69. The predicted molar refractivity (Wildman–Crippen MR) is 126 cm³/mol. The van der Waals surface area contributed by atoms with E-state index in [9.17, 15) is 9.59 Å². The van der Waals surface area contributed by atoms with Gasteiger partial charge in [0.25, 0.3) is 0 Å². The first-order valence-electron chi connectivity index (χ1n) is 10.8. The van der Waals surface area contributed by atoms with Gasteiger partial charge in [0.2, 0.25) is 11.8 Å². The molecule has 0 saturated carbocycles. The van der Waals surface area contributed by atoms with Crippen LogP contribution in [-0.4, -0.2) is 36.1 Å². The molecule has 0 bridgehead atoms. The number of hydrogen-bond donors (Lipinski definition) is 1. The molecule has 4 rings (SSSR count). The number of hydrogen-bond acceptors (Lipinski definition) is 5. The van der Waals surface area contributed by atoms with Crippen LogP contribution in [0.2, 0.25) is 0 Å². The van der Waals surface area contributed by atoms with Crippen LogP contribution in [-0.2, 0) is 20.7 Å². The molecule has 1 saturated heterocycles. The lowest BCUT2D eigenvalue weighted by Crippen LogP contribution is -2.46. The van der Waals surface area contributed by atoms with Crippen molar-refractivity contribution in [1.82, 2.24) is 10.3 Å². The highest BCUT2D eigenvalue weighted by atomic mass is 32.1. The number of carbonyl (C=O) groups is 2. The number of benzene rings is 1. The topological polar surface area (TPSA) is 71.5 Å². The number of rotatable bonds is 8. The van der Waals surface area contributed by atoms with Crippen LogP contribution in [0.5, 0.6) is 0 Å². The molecule has 1 aliphatic heterocycles. The molecule has 0 radical (unpaired) electrons. The fourth-order valence-corrected chi connectivity index (χ4v) is 4.63. The van der Waals surface area contributed by atoms with Gasteiger partial charge in [-0.05, 0) is 55.0 Å². The van der Waals surface area contributed by atoms with Crippen LogP contribution in [0.25, 0.3) is 0 Å². The minimum absolute atomic E-state index is 0.0164. The highest BCUT2D eigenvalue weighted by molar-refractivity contribution is 7.10. The Kier molecular flexibility index (Phi) is 7.29. The molecule has 2 amide bonds. The second-order valence-corrected chi connectivity index (χ2v) is 8.96. The molecular weight excluding hydrogens is 422 g/mol. The van der Waals surface area contributed by atoms with Crippen molar-refractivity contribution in [3.8, 4) is 0 Å². The van der Waals surface area contributed by atoms with Gasteiger partial charge in [-0.15, -0.1) is 11.3 Å². The maximum Gasteiger partial charge on any atom is 0.247 e. The Morgan fingerprint density at radius 1 is 1.25 bits per heavy atom. The third kappa shape index (κ3) is 5.41. The summed E-state index contributed by atoms with van der Waals surface area (Å²) in [6.07, 6.45) is 5.48. The van der Waals surface area contributed by atoms with Crippen molar-refractivity contribution in [3.63, 3.8) is 0 Å². The maximum absolute atomic E-state index is 13.6. The second kappa shape index (κ2) is 10.5. The van der Waals surface area contributed by atoms with E-state index in [4.69, 9.17) is 4.74 Å². The molecule has 1 aliphatic rings. The van der Waals surface area contributed by atoms with Crippen molar-refractivity contribution >= 4 is 28.8 Å². The first-order chi connectivity index (χ1) is 15.6. The number of carbonyl (C=O) groups excluding carboxylic acids is 2. The molecular formula is C25H27N3O3S. The summed E-state index contributed by atoms with van der Waals surface area (Å²) in [4.78, 5) is 33.9. The fraction of sp³-hybridized carbons (Fsp3) is 0.320. The molecule has 0 spiro atoms. The molecule has 1 aromatic carbocycles. The van der Waals surface area contributed by atoms with Crippen molar-refractivity contribution in [2.45, 2.75) is 38.3 Å². The monoisotopic (exact) mass is 449 g/mol. The maximum atomic E-state index is 13.6. The summed E-state index contributed by atoms with van der Waals surface area (Å²) in [6, 6.07) is 14.3. The number of amides is 2. The second-order valence-electron chi connectivity index (χ2n) is 7.93. The van der Waals surface area contributed by atoms with Gasteiger partial charge in [0.15, 0.2) is 0 Å². The normalized spacial score (nSPS) is 16.5. The van der Waals surface area contributed by atoms with Gasteiger partial charge in [-0.2, -0.15) is 0 Å². The molecule has 2 aromatic heterocycles. The number of nitrogens with zero attached hydrogens (tertiary/aromatic N) is 2. The summed E-state index contributed by atoms with van der Waals surface area (Å²) in [6.45, 7) is 3.12. The highest BCUT2D eigenvalue weighted by Crippen LogP contribution is 2.29. The molecule has 3 aromatic rings. The molecule has 0 aliphatic carbocycles. The van der Waals surface area contributed by atoms with Gasteiger partial charge in [-0.25, -0.2) is 0 Å². The van der Waals surface area contributed by atoms with Crippen LogP contribution in [0.3, 0.4) is 0 Å². The lowest BCUT2D eigenvalue weighted by Gasteiger charge is -2.32. The largest absolute Gasteiger partial charge is 0.376 e. The number of anilines is 1. The highest BCUT2D eigenvalue weighted by Gasteiger charge is 2.33. The van der Waals surface area contributed by atoms with Crippen LogP contribution in [0.1, 0.15) is 34.9 Å². The predicted octanol–water partition coefficient (Wildman–Crippen LogP) is 4.06. The number of thiophene rings is 1. The van der Waals surface area contributed by atoms with Gasteiger partial charge >= 0.3 is 0 Å². The number of pyridine rings is 1. The van der Waals surface area contributed by atoms with Gasteiger partial charge in [0.05, 0.1) is 12.5 Å². The third-order valence-electron chi connectivity index (χ3n) is 5.49. The fourth-order valence-electron chi connectivity index (χ4n) is 3.93. The van der Waals surface area contributed by atoms with E-state index in [1.807, 2.05) is 54.8 Å². The summed E-state index contributed by atoms with van der Waals surface area (Å²) in [5.41, 5.74) is 2.37. The number of aryl methyl sites for hydroxylation is 1. The molecule has 3 heterocycles. The van der Waals surface area contributed by atoms with E-state index in [1.54, 1.807) is 23.4 Å². The van der Waals surface area contributed by atoms with E-state index in [0.717, 1.165) is 29.9 Å². The van der Waals surface area contributed by atoms with E-state index < -0.39 is 6.04 Å². The van der Waals surface area contributed by atoms with Crippen molar-refractivity contribution < 1.29 is 14.3 Å². The minimum Gasteiger partial charge on any atom is -0.376 e. The van der Waals surface area contributed by atoms with Gasteiger partial charge < -0.3 is 10.1 Å². The summed E-state index contributed by atoms with van der Waals surface area (Å²) in [5, 5.41) is 4.97. The van der Waals surface area contributed by atoms with Crippen molar-refractivity contribution in [2.24, 2.45) is 0 Å². The van der Waals surface area contributed by atoms with Gasteiger partial charge in [0.1, 0.15) is 6.04 Å². The van der Waals surface area contributed by atoms with Gasteiger partial charge in [-0.1, -0.05) is 24.3 Å². The Hall–Kier alpha value is -3.03. The molecule has 32 heavy (non-hydrogen) atoms. The van der Waals surface area contributed by atoms with E-state index in [1.165, 1.54) is 11.3 Å². The number of nitrogens with one attached hydrogen (secondary N) is 1. The quantitative estimate of drug-likeness (QED) is 0.563. The SMILES string of the molecule is Cc1cccc(N(C(=O)Cc2cccs2)C(C(=O)NCC2CCCO2)c2cccnc2)c1. The average Bonchev–Trinajstić information content (AvgIpc) is 3.50. The zero-order valence-corrected chi connectivity index (χ0v) is 18.9. The van der Waals surface area contributed by atoms with E-state index in [2.05, 4.69) is 10.3 Å². The third-order valence-corrected chi connectivity index (χ3v) is 6.37. The zero-order chi connectivity index (χ0) is 22.3. The Morgan fingerprint density at radius 3 is 2.84 bits per heavy atom. The zero-order valence-electron chi connectivity index (χ0n) is 18.1. The molecule has 1 N–H and O–H groups in total. The summed E-state index contributed by atoms with van der Waals surface area (Å²) in [7, 11) is 0. The van der Waals surface area contributed by atoms with E-state index >= 15 is 0 Å². The molecule has 7 heteroatoms. The summed E-state index contributed by atoms with van der Waals surface area (Å²) < 4.78 is 5.66. The molecule has 1 fully saturated rings. The van der Waals surface area contributed by atoms with Gasteiger partial charge in [0, 0.05) is 41.7 Å². The average molecular weight is 450 g/mol. The van der Waals surface area contributed by atoms with Crippen LogP contribution in [0.15, 0.2) is 66.3 Å². The Morgan fingerprint density at radius 2 is 2.16 bits per heavy atom. The van der Waals surface area contributed by atoms with Crippen LogP contribution in [0.4, 0.5) is 5.69 Å². The number of aromatic nitrogens is 1. The Bertz CT molecular complexity index is 1030. The molecule has 2 atom stereocenters. The van der Waals surface area contributed by atoms with Crippen LogP contribution in [0, 0.1) is 6.92 Å². The number of ether oxygens (including phenoxy) is 1. The van der Waals surface area contributed by atoms with Crippen LogP contribution >= 0.6 is 11.3 Å². The van der Waals surface area contributed by atoms with Crippen molar-refractivity contribution in [1.29, 1.82) is 0 Å². The smallest absolute Gasteiger partial charge is 0.247 e. The molecule has 6 nitrogen and oxygen atoms in total. The van der Waals surface area contributed by atoms with E-state index in [-0.39, 0.29) is 24.3 Å². The lowest BCUT2D eigenvalue weighted by molar-refractivity contribution is -0.126.